The summed E-state index contributed by atoms with van der Waals surface area (Å²) < 4.78 is 1.56. The zero-order chi connectivity index (χ0) is 14.0. The number of aliphatic hydroxyl groups is 1. The standard InChI is InChI=1S/C12H14N6O/c1-3-12(2,19)8(4-5-13)18-7-17-9-10(14)15-6-16-11(9)18/h4,6-7,19H,3H2,1-2H3,(H2,14,15,16)/b8-4-. The van der Waals surface area contributed by atoms with Crippen molar-refractivity contribution in [1.82, 2.24) is 19.5 Å². The highest BCUT2D eigenvalue weighted by Crippen LogP contribution is 2.28. The minimum atomic E-state index is -1.16. The van der Waals surface area contributed by atoms with Gasteiger partial charge >= 0.3 is 0 Å². The molecule has 0 amide bonds. The first-order valence-corrected chi connectivity index (χ1v) is 5.77. The fraction of sp³-hybridized carbons (Fsp3) is 0.333. The van der Waals surface area contributed by atoms with Gasteiger partial charge in [-0.05, 0) is 13.3 Å². The zero-order valence-electron chi connectivity index (χ0n) is 10.7. The molecule has 1 atom stereocenters. The maximum Gasteiger partial charge on any atom is 0.169 e. The second kappa shape index (κ2) is 4.66. The first-order chi connectivity index (χ1) is 9.01. The molecule has 0 aromatic carbocycles. The van der Waals surface area contributed by atoms with Crippen LogP contribution in [0.25, 0.3) is 16.9 Å². The van der Waals surface area contributed by atoms with Crippen LogP contribution in [0.5, 0.6) is 0 Å². The van der Waals surface area contributed by atoms with E-state index in [1.807, 2.05) is 13.0 Å². The molecule has 0 aliphatic carbocycles. The molecule has 2 aromatic heterocycles. The van der Waals surface area contributed by atoms with E-state index in [1.54, 1.807) is 11.5 Å². The Hall–Kier alpha value is -2.46. The normalized spacial score (nSPS) is 15.2. The number of nitrogens with two attached hydrogens (primary N) is 1. The molecule has 0 spiro atoms. The van der Waals surface area contributed by atoms with Gasteiger partial charge in [0.15, 0.2) is 17.0 Å². The lowest BCUT2D eigenvalue weighted by atomic mass is 9.98. The van der Waals surface area contributed by atoms with Crippen LogP contribution >= 0.6 is 0 Å². The van der Waals surface area contributed by atoms with Gasteiger partial charge in [-0.25, -0.2) is 15.0 Å². The largest absolute Gasteiger partial charge is 0.384 e. The molecule has 0 fully saturated rings. The van der Waals surface area contributed by atoms with Gasteiger partial charge in [0.2, 0.25) is 0 Å². The third kappa shape index (κ3) is 2.13. The van der Waals surface area contributed by atoms with Crippen LogP contribution in [0.2, 0.25) is 0 Å². The lowest BCUT2D eigenvalue weighted by molar-refractivity contribution is 0.113. The fourth-order valence-electron chi connectivity index (χ4n) is 1.76. The SMILES string of the molecule is CCC(C)(O)/C(=C/C#N)n1cnc2c(N)ncnc21. The molecular formula is C12H14N6O. The van der Waals surface area contributed by atoms with Crippen molar-refractivity contribution in [2.45, 2.75) is 25.9 Å². The molecule has 7 nitrogen and oxygen atoms in total. The van der Waals surface area contributed by atoms with Gasteiger partial charge in [0.05, 0.1) is 11.8 Å². The maximum atomic E-state index is 10.4. The molecule has 3 N–H and O–H groups in total. The van der Waals surface area contributed by atoms with Crippen molar-refractivity contribution in [2.24, 2.45) is 0 Å². The van der Waals surface area contributed by atoms with E-state index < -0.39 is 5.60 Å². The van der Waals surface area contributed by atoms with Crippen molar-refractivity contribution in [1.29, 1.82) is 5.26 Å². The Kier molecular flexibility index (Phi) is 3.19. The predicted octanol–water partition coefficient (Wildman–Crippen LogP) is 0.934. The number of anilines is 1. The van der Waals surface area contributed by atoms with Crippen LogP contribution in [0.4, 0.5) is 5.82 Å². The second-order valence-electron chi connectivity index (χ2n) is 4.33. The van der Waals surface area contributed by atoms with E-state index in [1.165, 1.54) is 18.7 Å². The van der Waals surface area contributed by atoms with Crippen LogP contribution in [0.15, 0.2) is 18.7 Å². The quantitative estimate of drug-likeness (QED) is 0.792. The third-order valence-electron chi connectivity index (χ3n) is 3.06. The first-order valence-electron chi connectivity index (χ1n) is 5.77. The average molecular weight is 258 g/mol. The van der Waals surface area contributed by atoms with Gasteiger partial charge in [-0.3, -0.25) is 4.57 Å². The molecule has 7 heteroatoms. The van der Waals surface area contributed by atoms with E-state index in [0.717, 1.165) is 0 Å². The summed E-state index contributed by atoms with van der Waals surface area (Å²) in [6.07, 6.45) is 4.52. The number of hydrogen-bond acceptors (Lipinski definition) is 6. The van der Waals surface area contributed by atoms with Crippen LogP contribution in [-0.4, -0.2) is 30.2 Å². The Morgan fingerprint density at radius 1 is 1.58 bits per heavy atom. The lowest BCUT2D eigenvalue weighted by Crippen LogP contribution is -2.28. The highest BCUT2D eigenvalue weighted by molar-refractivity contribution is 5.84. The van der Waals surface area contributed by atoms with Gasteiger partial charge in [0, 0.05) is 6.08 Å². The smallest absolute Gasteiger partial charge is 0.169 e. The number of hydrogen-bond donors (Lipinski definition) is 2. The topological polar surface area (TPSA) is 114 Å². The van der Waals surface area contributed by atoms with Crippen LogP contribution in [0.1, 0.15) is 20.3 Å². The summed E-state index contributed by atoms with van der Waals surface area (Å²) in [6, 6.07) is 1.93. The van der Waals surface area contributed by atoms with Gasteiger partial charge in [0.25, 0.3) is 0 Å². The Morgan fingerprint density at radius 3 is 2.95 bits per heavy atom. The van der Waals surface area contributed by atoms with Crippen molar-refractivity contribution < 1.29 is 5.11 Å². The van der Waals surface area contributed by atoms with Crippen molar-refractivity contribution in [2.75, 3.05) is 5.73 Å². The van der Waals surface area contributed by atoms with Gasteiger partial charge in [0.1, 0.15) is 18.3 Å². The Labute approximate surface area is 110 Å². The lowest BCUT2D eigenvalue weighted by Gasteiger charge is -2.25. The van der Waals surface area contributed by atoms with Gasteiger partial charge in [-0.1, -0.05) is 6.92 Å². The van der Waals surface area contributed by atoms with Crippen LogP contribution < -0.4 is 5.73 Å². The van der Waals surface area contributed by atoms with Crippen LogP contribution in [0, 0.1) is 11.3 Å². The Balaban J connectivity index is 2.69. The van der Waals surface area contributed by atoms with E-state index in [0.29, 0.717) is 23.3 Å². The molecule has 0 saturated carbocycles. The zero-order valence-corrected chi connectivity index (χ0v) is 10.7. The third-order valence-corrected chi connectivity index (χ3v) is 3.06. The fourth-order valence-corrected chi connectivity index (χ4v) is 1.76. The first kappa shape index (κ1) is 13.0. The molecule has 0 bridgehead atoms. The highest BCUT2D eigenvalue weighted by atomic mass is 16.3. The maximum absolute atomic E-state index is 10.4. The molecule has 98 valence electrons. The van der Waals surface area contributed by atoms with Crippen molar-refractivity contribution in [3.8, 4) is 6.07 Å². The number of nitriles is 1. The summed E-state index contributed by atoms with van der Waals surface area (Å²) in [5, 5.41) is 19.3. The van der Waals surface area contributed by atoms with E-state index >= 15 is 0 Å². The molecule has 0 aliphatic heterocycles. The van der Waals surface area contributed by atoms with E-state index in [-0.39, 0.29) is 5.82 Å². The minimum absolute atomic E-state index is 0.260. The summed E-state index contributed by atoms with van der Waals surface area (Å²) >= 11 is 0. The van der Waals surface area contributed by atoms with Crippen molar-refractivity contribution >= 4 is 22.7 Å². The van der Waals surface area contributed by atoms with Gasteiger partial charge < -0.3 is 10.8 Å². The average Bonchev–Trinajstić information content (AvgIpc) is 2.81. The molecule has 2 aromatic rings. The van der Waals surface area contributed by atoms with Crippen molar-refractivity contribution in [3.63, 3.8) is 0 Å². The number of fused-ring (bicyclic) bond motifs is 1. The van der Waals surface area contributed by atoms with Gasteiger partial charge in [-0.2, -0.15) is 5.26 Å². The van der Waals surface area contributed by atoms with Crippen LogP contribution in [-0.2, 0) is 0 Å². The monoisotopic (exact) mass is 258 g/mol. The summed E-state index contributed by atoms with van der Waals surface area (Å²) in [5.74, 6) is 0.260. The van der Waals surface area contributed by atoms with E-state index in [4.69, 9.17) is 11.0 Å². The molecular weight excluding hydrogens is 244 g/mol. The molecule has 19 heavy (non-hydrogen) atoms. The number of aromatic nitrogens is 4. The summed E-state index contributed by atoms with van der Waals surface area (Å²) in [5.41, 5.74) is 5.85. The summed E-state index contributed by atoms with van der Waals surface area (Å²) in [4.78, 5) is 12.1. The Bertz CT molecular complexity index is 679. The number of rotatable bonds is 3. The summed E-state index contributed by atoms with van der Waals surface area (Å²) in [6.45, 7) is 3.46. The minimum Gasteiger partial charge on any atom is -0.384 e. The summed E-state index contributed by atoms with van der Waals surface area (Å²) in [7, 11) is 0. The van der Waals surface area contributed by atoms with E-state index in [2.05, 4.69) is 15.0 Å². The number of nitrogens with zero attached hydrogens (tertiary/aromatic N) is 5. The van der Waals surface area contributed by atoms with Crippen LogP contribution in [0.3, 0.4) is 0 Å². The number of nitrogen functional groups attached to an aromatic ring is 1. The molecule has 2 rings (SSSR count). The molecule has 0 saturated heterocycles. The Morgan fingerprint density at radius 2 is 2.32 bits per heavy atom. The highest BCUT2D eigenvalue weighted by Gasteiger charge is 2.27. The van der Waals surface area contributed by atoms with E-state index in [9.17, 15) is 5.11 Å². The molecule has 1 unspecified atom stereocenters. The number of imidazole rings is 1. The molecule has 2 heterocycles. The molecule has 0 aliphatic rings. The second-order valence-corrected chi connectivity index (χ2v) is 4.33. The van der Waals surface area contributed by atoms with Crippen molar-refractivity contribution in [3.05, 3.63) is 18.7 Å². The molecule has 0 radical (unpaired) electrons. The predicted molar refractivity (Wildman–Crippen MR) is 70.5 cm³/mol. The number of allylic oxidation sites excluding steroid dienone is 1. The van der Waals surface area contributed by atoms with Gasteiger partial charge in [-0.15, -0.1) is 0 Å².